The van der Waals surface area contributed by atoms with Crippen molar-refractivity contribution in [2.75, 3.05) is 5.32 Å². The molecule has 0 fully saturated rings. The molecule has 1 N–H and O–H groups in total. The van der Waals surface area contributed by atoms with Crippen molar-refractivity contribution in [1.82, 2.24) is 9.55 Å². The van der Waals surface area contributed by atoms with Crippen LogP contribution in [0.5, 0.6) is 0 Å². The predicted molar refractivity (Wildman–Crippen MR) is 58.0 cm³/mol. The number of halogens is 3. The molecule has 1 aromatic carbocycles. The second-order valence-corrected chi connectivity index (χ2v) is 3.48. The van der Waals surface area contributed by atoms with Gasteiger partial charge >= 0.3 is 6.18 Å². The summed E-state index contributed by atoms with van der Waals surface area (Å²) >= 11 is 0. The molecule has 2 rings (SSSR count). The van der Waals surface area contributed by atoms with Crippen molar-refractivity contribution in [3.63, 3.8) is 0 Å². The highest BCUT2D eigenvalue weighted by atomic mass is 19.4. The van der Waals surface area contributed by atoms with Gasteiger partial charge in [-0.2, -0.15) is 13.2 Å². The van der Waals surface area contributed by atoms with Crippen molar-refractivity contribution in [2.45, 2.75) is 12.7 Å². The predicted octanol–water partition coefficient (Wildman–Crippen LogP) is 3.19. The van der Waals surface area contributed by atoms with Gasteiger partial charge in [-0.15, -0.1) is 0 Å². The van der Waals surface area contributed by atoms with Gasteiger partial charge in [-0.05, 0) is 12.1 Å². The van der Waals surface area contributed by atoms with Gasteiger partial charge in [0.15, 0.2) is 0 Å². The molecular formula is C11H10F3N3. The summed E-state index contributed by atoms with van der Waals surface area (Å²) < 4.78 is 37.8. The SMILES string of the molecule is FC(F)(F)Cn1ccnc1Nc1ccccc1. The number of alkyl halides is 3. The highest BCUT2D eigenvalue weighted by molar-refractivity contribution is 5.52. The van der Waals surface area contributed by atoms with Gasteiger partial charge in [0.1, 0.15) is 6.54 Å². The van der Waals surface area contributed by atoms with Crippen LogP contribution < -0.4 is 5.32 Å². The quantitative estimate of drug-likeness (QED) is 0.894. The number of nitrogens with one attached hydrogen (secondary N) is 1. The Bertz CT molecular complexity index is 476. The van der Waals surface area contributed by atoms with E-state index in [0.717, 1.165) is 4.57 Å². The van der Waals surface area contributed by atoms with Gasteiger partial charge in [0.05, 0.1) is 0 Å². The molecule has 0 aliphatic heterocycles. The maximum Gasteiger partial charge on any atom is 0.406 e. The zero-order valence-electron chi connectivity index (χ0n) is 8.78. The number of hydrogen-bond acceptors (Lipinski definition) is 2. The summed E-state index contributed by atoms with van der Waals surface area (Å²) in [6.45, 7) is -1.05. The zero-order valence-corrected chi connectivity index (χ0v) is 8.78. The molecule has 6 heteroatoms. The number of benzene rings is 1. The molecular weight excluding hydrogens is 231 g/mol. The fraction of sp³-hybridized carbons (Fsp3) is 0.182. The first kappa shape index (κ1) is 11.5. The third-order valence-corrected chi connectivity index (χ3v) is 2.10. The van der Waals surface area contributed by atoms with E-state index in [0.29, 0.717) is 5.69 Å². The van der Waals surface area contributed by atoms with Crippen LogP contribution in [0.25, 0.3) is 0 Å². The number of para-hydroxylation sites is 1. The van der Waals surface area contributed by atoms with Crippen LogP contribution in [0.4, 0.5) is 24.8 Å². The number of aromatic nitrogens is 2. The van der Waals surface area contributed by atoms with E-state index in [9.17, 15) is 13.2 Å². The third kappa shape index (κ3) is 3.24. The van der Waals surface area contributed by atoms with E-state index in [2.05, 4.69) is 10.3 Å². The summed E-state index contributed by atoms with van der Waals surface area (Å²) in [6, 6.07) is 8.92. The Kier molecular flexibility index (Phi) is 3.03. The molecule has 0 bridgehead atoms. The zero-order chi connectivity index (χ0) is 12.3. The van der Waals surface area contributed by atoms with Gasteiger partial charge in [-0.3, -0.25) is 0 Å². The van der Waals surface area contributed by atoms with Crippen molar-refractivity contribution in [2.24, 2.45) is 0 Å². The summed E-state index contributed by atoms with van der Waals surface area (Å²) in [6.07, 6.45) is -1.64. The standard InChI is InChI=1S/C11H10F3N3/c12-11(13,14)8-17-7-6-15-10(17)16-9-4-2-1-3-5-9/h1-7H,8H2,(H,15,16). The second kappa shape index (κ2) is 4.48. The second-order valence-electron chi connectivity index (χ2n) is 3.48. The first-order chi connectivity index (χ1) is 8.04. The molecule has 3 nitrogen and oxygen atoms in total. The van der Waals surface area contributed by atoms with E-state index in [1.54, 1.807) is 24.3 Å². The number of hydrogen-bond donors (Lipinski definition) is 1. The monoisotopic (exact) mass is 241 g/mol. The minimum absolute atomic E-state index is 0.175. The van der Waals surface area contributed by atoms with Crippen LogP contribution in [-0.4, -0.2) is 15.7 Å². The van der Waals surface area contributed by atoms with Gasteiger partial charge in [0, 0.05) is 18.1 Å². The van der Waals surface area contributed by atoms with E-state index in [-0.39, 0.29) is 5.95 Å². The van der Waals surface area contributed by atoms with Crippen molar-refractivity contribution in [1.29, 1.82) is 0 Å². The molecule has 0 unspecified atom stereocenters. The highest BCUT2D eigenvalue weighted by Crippen LogP contribution is 2.21. The summed E-state index contributed by atoms with van der Waals surface area (Å²) in [5, 5.41) is 2.83. The van der Waals surface area contributed by atoms with Crippen molar-refractivity contribution >= 4 is 11.6 Å². The van der Waals surface area contributed by atoms with Crippen molar-refractivity contribution in [3.05, 3.63) is 42.7 Å². The summed E-state index contributed by atoms with van der Waals surface area (Å²) in [5.41, 5.74) is 0.696. The average molecular weight is 241 g/mol. The fourth-order valence-electron chi connectivity index (χ4n) is 1.40. The molecule has 0 spiro atoms. The largest absolute Gasteiger partial charge is 0.406 e. The van der Waals surface area contributed by atoms with Crippen molar-refractivity contribution in [3.8, 4) is 0 Å². The maximum atomic E-state index is 12.3. The van der Waals surface area contributed by atoms with Gasteiger partial charge in [0.25, 0.3) is 0 Å². The summed E-state index contributed by atoms with van der Waals surface area (Å²) in [5.74, 6) is 0.175. The van der Waals surface area contributed by atoms with E-state index >= 15 is 0 Å². The lowest BCUT2D eigenvalue weighted by molar-refractivity contribution is -0.140. The molecule has 1 aromatic heterocycles. The first-order valence-electron chi connectivity index (χ1n) is 4.94. The Hall–Kier alpha value is -1.98. The molecule has 0 aliphatic rings. The summed E-state index contributed by atoms with van der Waals surface area (Å²) in [4.78, 5) is 3.85. The highest BCUT2D eigenvalue weighted by Gasteiger charge is 2.28. The Morgan fingerprint density at radius 2 is 1.88 bits per heavy atom. The van der Waals surface area contributed by atoms with Crippen LogP contribution in [-0.2, 0) is 6.54 Å². The Balaban J connectivity index is 2.15. The van der Waals surface area contributed by atoms with Crippen LogP contribution in [0.3, 0.4) is 0 Å². The molecule has 0 saturated heterocycles. The van der Waals surface area contributed by atoms with E-state index in [1.807, 2.05) is 6.07 Å². The molecule has 0 atom stereocenters. The molecule has 17 heavy (non-hydrogen) atoms. The fourth-order valence-corrected chi connectivity index (χ4v) is 1.40. The smallest absolute Gasteiger partial charge is 0.326 e. The lowest BCUT2D eigenvalue weighted by atomic mass is 10.3. The lowest BCUT2D eigenvalue weighted by Gasteiger charge is -2.11. The van der Waals surface area contributed by atoms with E-state index < -0.39 is 12.7 Å². The number of anilines is 2. The molecule has 90 valence electrons. The number of imidazole rings is 1. The first-order valence-corrected chi connectivity index (χ1v) is 4.94. The van der Waals surface area contributed by atoms with Crippen LogP contribution in [0, 0.1) is 0 Å². The van der Waals surface area contributed by atoms with Crippen LogP contribution in [0.2, 0.25) is 0 Å². The Morgan fingerprint density at radius 3 is 2.53 bits per heavy atom. The van der Waals surface area contributed by atoms with Gasteiger partial charge in [-0.1, -0.05) is 18.2 Å². The minimum Gasteiger partial charge on any atom is -0.326 e. The molecule has 2 aromatic rings. The maximum absolute atomic E-state index is 12.3. The lowest BCUT2D eigenvalue weighted by Crippen LogP contribution is -2.18. The minimum atomic E-state index is -4.26. The Morgan fingerprint density at radius 1 is 1.18 bits per heavy atom. The number of nitrogens with zero attached hydrogens (tertiary/aromatic N) is 2. The Labute approximate surface area is 95.9 Å². The molecule has 0 aliphatic carbocycles. The van der Waals surface area contributed by atoms with Crippen LogP contribution >= 0.6 is 0 Å². The molecule has 0 radical (unpaired) electrons. The normalized spacial score (nSPS) is 11.5. The van der Waals surface area contributed by atoms with Crippen molar-refractivity contribution < 1.29 is 13.2 Å². The average Bonchev–Trinajstić information content (AvgIpc) is 2.65. The summed E-state index contributed by atoms with van der Waals surface area (Å²) in [7, 11) is 0. The topological polar surface area (TPSA) is 29.9 Å². The van der Waals surface area contributed by atoms with Crippen LogP contribution in [0.1, 0.15) is 0 Å². The third-order valence-electron chi connectivity index (χ3n) is 2.10. The van der Waals surface area contributed by atoms with Crippen LogP contribution in [0.15, 0.2) is 42.7 Å². The van der Waals surface area contributed by atoms with E-state index in [1.165, 1.54) is 12.4 Å². The molecule has 1 heterocycles. The molecule has 0 saturated carbocycles. The molecule has 0 amide bonds. The van der Waals surface area contributed by atoms with Gasteiger partial charge in [0.2, 0.25) is 5.95 Å². The van der Waals surface area contributed by atoms with Gasteiger partial charge in [-0.25, -0.2) is 4.98 Å². The van der Waals surface area contributed by atoms with Gasteiger partial charge < -0.3 is 9.88 Å². The van der Waals surface area contributed by atoms with E-state index in [4.69, 9.17) is 0 Å². The number of rotatable bonds is 3.